The molecule has 0 rings (SSSR count). The first-order valence-electron chi connectivity index (χ1n) is 33.3. The lowest BCUT2D eigenvalue weighted by Crippen LogP contribution is -2.45. The van der Waals surface area contributed by atoms with Crippen LogP contribution in [-0.2, 0) is 14.3 Å². The first-order chi connectivity index (χ1) is 36.5. The van der Waals surface area contributed by atoms with Gasteiger partial charge in [0.05, 0.1) is 25.4 Å². The number of unbranched alkanes of at least 4 members (excludes halogenated alkanes) is 47. The third-order valence-electron chi connectivity index (χ3n) is 15.4. The van der Waals surface area contributed by atoms with E-state index in [2.05, 4.69) is 43.5 Å². The molecule has 0 fully saturated rings. The van der Waals surface area contributed by atoms with Crippen LogP contribution in [0.3, 0.4) is 0 Å². The highest BCUT2D eigenvalue weighted by Gasteiger charge is 2.18. The van der Waals surface area contributed by atoms with Crippen LogP contribution < -0.4 is 5.32 Å². The zero-order valence-electron chi connectivity index (χ0n) is 49.8. The Kier molecular flexibility index (Phi) is 62.0. The highest BCUT2D eigenvalue weighted by molar-refractivity contribution is 5.76. The molecule has 0 saturated heterocycles. The third kappa shape index (κ3) is 59.3. The SMILES string of the molecule is CCCCC/C=C\CCCCCCCC(=O)OCCCCCCCCCCC/C=C\CCCCCCCCCC(=O)NC(CO)C(O)/C=C/CCCCCCCCCCCCCCCCCCCCCCCCC. The van der Waals surface area contributed by atoms with Gasteiger partial charge in [-0.2, -0.15) is 0 Å². The third-order valence-corrected chi connectivity index (χ3v) is 15.4. The number of esters is 1. The van der Waals surface area contributed by atoms with Crippen LogP contribution in [0.5, 0.6) is 0 Å². The summed E-state index contributed by atoms with van der Waals surface area (Å²) in [5.74, 6) is -0.0776. The summed E-state index contributed by atoms with van der Waals surface area (Å²) in [6, 6.07) is -0.636. The number of aliphatic hydroxyl groups is 2. The van der Waals surface area contributed by atoms with Crippen molar-refractivity contribution in [3.8, 4) is 0 Å². The van der Waals surface area contributed by atoms with Crippen LogP contribution >= 0.6 is 0 Å². The number of allylic oxidation sites excluding steroid dienone is 5. The van der Waals surface area contributed by atoms with Crippen LogP contribution in [0.25, 0.3) is 0 Å². The maximum absolute atomic E-state index is 12.5. The summed E-state index contributed by atoms with van der Waals surface area (Å²) in [5, 5.41) is 23.2. The van der Waals surface area contributed by atoms with Gasteiger partial charge in [0.15, 0.2) is 0 Å². The van der Waals surface area contributed by atoms with Crippen LogP contribution in [0.4, 0.5) is 0 Å². The molecule has 74 heavy (non-hydrogen) atoms. The maximum atomic E-state index is 12.5. The number of aliphatic hydroxyl groups excluding tert-OH is 2. The summed E-state index contributed by atoms with van der Waals surface area (Å²) in [4.78, 5) is 24.5. The van der Waals surface area contributed by atoms with Gasteiger partial charge >= 0.3 is 5.97 Å². The largest absolute Gasteiger partial charge is 0.466 e. The van der Waals surface area contributed by atoms with Gasteiger partial charge in [0.1, 0.15) is 0 Å². The first kappa shape index (κ1) is 72.1. The standard InChI is InChI=1S/C68H129NO5/c1-3-5-7-9-11-13-15-17-18-19-20-21-22-23-24-25-28-31-34-37-40-44-48-52-56-60-66(71)65(64-70)69-67(72)61-57-53-49-45-41-38-35-32-29-26-27-30-33-36-39-43-47-51-55-59-63-74-68(73)62-58-54-50-46-42-16-14-12-10-8-6-4-2/h12,14,26,29,56,60,65-66,70-71H,3-11,13,15-25,27-28,30-55,57-59,61-64H2,1-2H3,(H,69,72)/b14-12-,29-26-,60-56+. The van der Waals surface area contributed by atoms with E-state index in [-0.39, 0.29) is 18.5 Å². The highest BCUT2D eigenvalue weighted by atomic mass is 16.5. The number of rotatable bonds is 62. The molecule has 0 aromatic carbocycles. The number of nitrogens with one attached hydrogen (secondary N) is 1. The molecule has 2 unspecified atom stereocenters. The molecule has 2 atom stereocenters. The molecule has 0 heterocycles. The van der Waals surface area contributed by atoms with Gasteiger partial charge in [-0.15, -0.1) is 0 Å². The van der Waals surface area contributed by atoms with Crippen molar-refractivity contribution in [1.29, 1.82) is 0 Å². The zero-order valence-corrected chi connectivity index (χ0v) is 49.8. The molecule has 0 aliphatic carbocycles. The van der Waals surface area contributed by atoms with E-state index in [0.29, 0.717) is 19.4 Å². The lowest BCUT2D eigenvalue weighted by atomic mass is 10.0. The van der Waals surface area contributed by atoms with Crippen LogP contribution in [0.2, 0.25) is 0 Å². The summed E-state index contributed by atoms with van der Waals surface area (Å²) in [5.41, 5.74) is 0. The van der Waals surface area contributed by atoms with E-state index < -0.39 is 12.1 Å². The molecule has 0 spiro atoms. The Hall–Kier alpha value is -1.92. The highest BCUT2D eigenvalue weighted by Crippen LogP contribution is 2.18. The minimum Gasteiger partial charge on any atom is -0.466 e. The molecular formula is C68H129NO5. The Morgan fingerprint density at radius 2 is 0.635 bits per heavy atom. The van der Waals surface area contributed by atoms with E-state index in [9.17, 15) is 19.8 Å². The molecule has 3 N–H and O–H groups in total. The Morgan fingerprint density at radius 3 is 0.986 bits per heavy atom. The van der Waals surface area contributed by atoms with Crippen molar-refractivity contribution in [3.05, 3.63) is 36.5 Å². The number of carbonyl (C=O) groups excluding carboxylic acids is 2. The summed E-state index contributed by atoms with van der Waals surface area (Å²) in [6.45, 7) is 4.89. The molecule has 1 amide bonds. The van der Waals surface area contributed by atoms with Crippen LogP contribution in [-0.4, -0.2) is 47.4 Å². The molecule has 0 aromatic rings. The maximum Gasteiger partial charge on any atom is 0.305 e. The Bertz CT molecular complexity index is 1200. The number of hydrogen-bond acceptors (Lipinski definition) is 5. The molecule has 0 aromatic heterocycles. The van der Waals surface area contributed by atoms with Crippen LogP contribution in [0.15, 0.2) is 36.5 Å². The second-order valence-corrected chi connectivity index (χ2v) is 22.8. The fraction of sp³-hybridized carbons (Fsp3) is 0.882. The van der Waals surface area contributed by atoms with Crippen LogP contribution in [0, 0.1) is 0 Å². The predicted molar refractivity (Wildman–Crippen MR) is 324 cm³/mol. The van der Waals surface area contributed by atoms with Crippen molar-refractivity contribution < 1.29 is 24.5 Å². The molecule has 0 radical (unpaired) electrons. The van der Waals surface area contributed by atoms with Crippen molar-refractivity contribution in [3.63, 3.8) is 0 Å². The molecule has 6 nitrogen and oxygen atoms in total. The molecular weight excluding hydrogens is 911 g/mol. The van der Waals surface area contributed by atoms with Gasteiger partial charge in [-0.05, 0) is 83.5 Å². The molecule has 6 heteroatoms. The summed E-state index contributed by atoms with van der Waals surface area (Å²) >= 11 is 0. The fourth-order valence-electron chi connectivity index (χ4n) is 10.3. The van der Waals surface area contributed by atoms with Gasteiger partial charge in [0.2, 0.25) is 5.91 Å². The van der Waals surface area contributed by atoms with Crippen molar-refractivity contribution in [2.45, 2.75) is 373 Å². The molecule has 0 aliphatic rings. The molecule has 0 aliphatic heterocycles. The average molecular weight is 1040 g/mol. The monoisotopic (exact) mass is 1040 g/mol. The minimum absolute atomic E-state index is 0.00421. The van der Waals surface area contributed by atoms with Gasteiger partial charge in [0, 0.05) is 12.8 Å². The van der Waals surface area contributed by atoms with Gasteiger partial charge in [-0.1, -0.05) is 301 Å². The summed E-state index contributed by atoms with van der Waals surface area (Å²) in [7, 11) is 0. The zero-order chi connectivity index (χ0) is 53.6. The lowest BCUT2D eigenvalue weighted by molar-refractivity contribution is -0.143. The van der Waals surface area contributed by atoms with E-state index >= 15 is 0 Å². The fourth-order valence-corrected chi connectivity index (χ4v) is 10.3. The summed E-state index contributed by atoms with van der Waals surface area (Å²) < 4.78 is 5.46. The van der Waals surface area contributed by atoms with E-state index in [4.69, 9.17) is 4.74 Å². The second kappa shape index (κ2) is 63.6. The molecule has 436 valence electrons. The van der Waals surface area contributed by atoms with E-state index in [0.717, 1.165) is 51.4 Å². The second-order valence-electron chi connectivity index (χ2n) is 22.8. The van der Waals surface area contributed by atoms with E-state index in [1.165, 1.54) is 283 Å². The lowest BCUT2D eigenvalue weighted by Gasteiger charge is -2.20. The number of ether oxygens (including phenoxy) is 1. The van der Waals surface area contributed by atoms with E-state index in [1.54, 1.807) is 6.08 Å². The van der Waals surface area contributed by atoms with Crippen molar-refractivity contribution in [2.24, 2.45) is 0 Å². The molecule has 0 bridgehead atoms. The van der Waals surface area contributed by atoms with Gasteiger partial charge in [0.25, 0.3) is 0 Å². The van der Waals surface area contributed by atoms with Crippen molar-refractivity contribution in [2.75, 3.05) is 13.2 Å². The minimum atomic E-state index is -0.852. The van der Waals surface area contributed by atoms with Crippen LogP contribution in [0.1, 0.15) is 361 Å². The van der Waals surface area contributed by atoms with E-state index in [1.807, 2.05) is 6.08 Å². The molecule has 0 saturated carbocycles. The Morgan fingerprint density at radius 1 is 0.365 bits per heavy atom. The van der Waals surface area contributed by atoms with Gasteiger partial charge < -0.3 is 20.3 Å². The van der Waals surface area contributed by atoms with Crippen molar-refractivity contribution >= 4 is 11.9 Å². The van der Waals surface area contributed by atoms with Gasteiger partial charge in [-0.25, -0.2) is 0 Å². The number of amides is 1. The number of carbonyl (C=O) groups is 2. The number of hydrogen-bond donors (Lipinski definition) is 3. The smallest absolute Gasteiger partial charge is 0.305 e. The predicted octanol–water partition coefficient (Wildman–Crippen LogP) is 21.1. The van der Waals surface area contributed by atoms with Gasteiger partial charge in [-0.3, -0.25) is 9.59 Å². The van der Waals surface area contributed by atoms with Crippen molar-refractivity contribution in [1.82, 2.24) is 5.32 Å². The Labute approximate surface area is 462 Å². The Balaban J connectivity index is 3.47. The topological polar surface area (TPSA) is 95.9 Å². The normalized spacial score (nSPS) is 12.8. The average Bonchev–Trinajstić information content (AvgIpc) is 3.40. The first-order valence-corrected chi connectivity index (χ1v) is 33.3. The quantitative estimate of drug-likeness (QED) is 0.0320. The summed E-state index contributed by atoms with van der Waals surface area (Å²) in [6.07, 6.45) is 80.6.